The second kappa shape index (κ2) is 9.01. The quantitative estimate of drug-likeness (QED) is 0.685. The van der Waals surface area contributed by atoms with Crippen LogP contribution in [0.15, 0.2) is 30.6 Å². The number of benzene rings is 1. The Kier molecular flexibility index (Phi) is 6.47. The average Bonchev–Trinajstić information content (AvgIpc) is 3.29. The maximum absolute atomic E-state index is 12.8. The average molecular weight is 372 g/mol. The number of hydrogen-bond acceptors (Lipinski definition) is 5. The predicted molar refractivity (Wildman–Crippen MR) is 103 cm³/mol. The highest BCUT2D eigenvalue weighted by atomic mass is 16.5. The molecule has 2 aromatic rings. The molecule has 1 aromatic heterocycles. The van der Waals surface area contributed by atoms with Crippen LogP contribution in [0.2, 0.25) is 0 Å². The van der Waals surface area contributed by atoms with E-state index in [0.29, 0.717) is 26.3 Å². The van der Waals surface area contributed by atoms with E-state index in [-0.39, 0.29) is 17.7 Å². The van der Waals surface area contributed by atoms with E-state index in [2.05, 4.69) is 15.7 Å². The first-order valence-corrected chi connectivity index (χ1v) is 9.26. The lowest BCUT2D eigenvalue weighted by Crippen LogP contribution is -2.34. The van der Waals surface area contributed by atoms with Crippen molar-refractivity contribution in [3.63, 3.8) is 0 Å². The molecule has 0 aliphatic carbocycles. The second-order valence-electron chi connectivity index (χ2n) is 6.99. The summed E-state index contributed by atoms with van der Waals surface area (Å²) in [6, 6.07) is 6.02. The highest BCUT2D eigenvalue weighted by Crippen LogP contribution is 2.28. The smallest absolute Gasteiger partial charge is 0.225 e. The fourth-order valence-corrected chi connectivity index (χ4v) is 3.43. The number of nitrogens with one attached hydrogen (secondary N) is 2. The van der Waals surface area contributed by atoms with Crippen LogP contribution in [0.5, 0.6) is 5.75 Å². The van der Waals surface area contributed by atoms with E-state index in [4.69, 9.17) is 9.47 Å². The van der Waals surface area contributed by atoms with Gasteiger partial charge in [-0.1, -0.05) is 12.1 Å². The van der Waals surface area contributed by atoms with Gasteiger partial charge in [-0.2, -0.15) is 5.10 Å². The van der Waals surface area contributed by atoms with Crippen LogP contribution in [0, 0.1) is 12.8 Å². The molecule has 7 heteroatoms. The van der Waals surface area contributed by atoms with E-state index in [1.165, 1.54) is 0 Å². The SMILES string of the molecule is COCCOc1cc(C)ccc1CNC(=O)[C@H]1CNC[C@@H]1c1cnn(C)c1. The Morgan fingerprint density at radius 1 is 1.37 bits per heavy atom. The topological polar surface area (TPSA) is 77.4 Å². The molecule has 2 heterocycles. The van der Waals surface area contributed by atoms with Crippen LogP contribution >= 0.6 is 0 Å². The fourth-order valence-electron chi connectivity index (χ4n) is 3.43. The van der Waals surface area contributed by atoms with Gasteiger partial charge in [0.25, 0.3) is 0 Å². The lowest BCUT2D eigenvalue weighted by atomic mass is 9.90. The van der Waals surface area contributed by atoms with Gasteiger partial charge in [-0.25, -0.2) is 0 Å². The zero-order valence-electron chi connectivity index (χ0n) is 16.2. The number of hydrogen-bond donors (Lipinski definition) is 2. The van der Waals surface area contributed by atoms with Crippen LogP contribution in [0.4, 0.5) is 0 Å². The molecule has 1 aliphatic rings. The van der Waals surface area contributed by atoms with Crippen molar-refractivity contribution in [3.8, 4) is 5.75 Å². The van der Waals surface area contributed by atoms with Gasteiger partial charge in [0.2, 0.25) is 5.91 Å². The van der Waals surface area contributed by atoms with Gasteiger partial charge in [0.15, 0.2) is 0 Å². The molecule has 3 rings (SSSR count). The van der Waals surface area contributed by atoms with E-state index in [1.807, 2.05) is 44.6 Å². The third kappa shape index (κ3) is 4.87. The third-order valence-corrected chi connectivity index (χ3v) is 4.92. The largest absolute Gasteiger partial charge is 0.491 e. The summed E-state index contributed by atoms with van der Waals surface area (Å²) in [5.41, 5.74) is 3.18. The summed E-state index contributed by atoms with van der Waals surface area (Å²) in [6.07, 6.45) is 3.83. The Morgan fingerprint density at radius 2 is 2.22 bits per heavy atom. The van der Waals surface area contributed by atoms with Crippen molar-refractivity contribution in [2.24, 2.45) is 13.0 Å². The first kappa shape index (κ1) is 19.4. The van der Waals surface area contributed by atoms with Crippen LogP contribution < -0.4 is 15.4 Å². The van der Waals surface area contributed by atoms with Crippen LogP contribution in [0.3, 0.4) is 0 Å². The van der Waals surface area contributed by atoms with E-state index in [9.17, 15) is 4.79 Å². The maximum Gasteiger partial charge on any atom is 0.225 e. The third-order valence-electron chi connectivity index (χ3n) is 4.92. The maximum atomic E-state index is 12.8. The predicted octanol–water partition coefficient (Wildman–Crippen LogP) is 1.37. The normalized spacial score (nSPS) is 19.2. The molecule has 0 bridgehead atoms. The van der Waals surface area contributed by atoms with E-state index < -0.39 is 0 Å². The highest BCUT2D eigenvalue weighted by molar-refractivity contribution is 5.80. The van der Waals surface area contributed by atoms with Crippen molar-refractivity contribution < 1.29 is 14.3 Å². The number of nitrogens with zero attached hydrogens (tertiary/aromatic N) is 2. The molecule has 0 unspecified atom stereocenters. The molecule has 0 radical (unpaired) electrons. The molecule has 2 N–H and O–H groups in total. The van der Waals surface area contributed by atoms with Gasteiger partial charge >= 0.3 is 0 Å². The number of carbonyl (C=O) groups excluding carboxylic acids is 1. The Labute approximate surface area is 160 Å². The molecule has 7 nitrogen and oxygen atoms in total. The highest BCUT2D eigenvalue weighted by Gasteiger charge is 2.34. The summed E-state index contributed by atoms with van der Waals surface area (Å²) < 4.78 is 12.6. The van der Waals surface area contributed by atoms with Crippen LogP contribution in [0.25, 0.3) is 0 Å². The molecule has 1 aromatic carbocycles. The molecule has 0 spiro atoms. The molecule has 1 aliphatic heterocycles. The molecule has 0 saturated carbocycles. The second-order valence-corrected chi connectivity index (χ2v) is 6.99. The minimum absolute atomic E-state index is 0.0530. The number of amides is 1. The standard InChI is InChI=1S/C20H28N4O3/c1-14-4-5-15(19(8-14)27-7-6-26-3)9-22-20(25)18-12-21-11-17(18)16-10-23-24(2)13-16/h4-5,8,10,13,17-18,21H,6-7,9,11-12H2,1-3H3,(H,22,25)/t17-,18+/m1/s1. The number of rotatable bonds is 8. The fraction of sp³-hybridized carbons (Fsp3) is 0.500. The van der Waals surface area contributed by atoms with Crippen molar-refractivity contribution in [2.45, 2.75) is 19.4 Å². The number of methoxy groups -OCH3 is 1. The van der Waals surface area contributed by atoms with Crippen LogP contribution in [-0.2, 0) is 23.1 Å². The molecule has 1 fully saturated rings. The van der Waals surface area contributed by atoms with Gasteiger partial charge in [0.05, 0.1) is 18.7 Å². The van der Waals surface area contributed by atoms with Gasteiger partial charge in [0.1, 0.15) is 12.4 Å². The van der Waals surface area contributed by atoms with E-state index in [1.54, 1.807) is 11.8 Å². The van der Waals surface area contributed by atoms with Crippen molar-refractivity contribution in [2.75, 3.05) is 33.4 Å². The van der Waals surface area contributed by atoms with Crippen molar-refractivity contribution in [1.82, 2.24) is 20.4 Å². The first-order valence-electron chi connectivity index (χ1n) is 9.26. The number of carbonyl (C=O) groups is 1. The summed E-state index contributed by atoms with van der Waals surface area (Å²) in [7, 11) is 3.54. The Morgan fingerprint density at radius 3 is 2.96 bits per heavy atom. The van der Waals surface area contributed by atoms with Crippen LogP contribution in [-0.4, -0.2) is 49.1 Å². The lowest BCUT2D eigenvalue weighted by molar-refractivity contribution is -0.125. The summed E-state index contributed by atoms with van der Waals surface area (Å²) in [5.74, 6) is 0.893. The Hall–Kier alpha value is -2.38. The van der Waals surface area contributed by atoms with E-state index in [0.717, 1.165) is 29.0 Å². The number of aromatic nitrogens is 2. The van der Waals surface area contributed by atoms with Crippen molar-refractivity contribution in [1.29, 1.82) is 0 Å². The molecule has 1 saturated heterocycles. The summed E-state index contributed by atoms with van der Waals surface area (Å²) in [4.78, 5) is 12.8. The van der Waals surface area contributed by atoms with E-state index >= 15 is 0 Å². The van der Waals surface area contributed by atoms with Gasteiger partial charge in [-0.3, -0.25) is 9.48 Å². The van der Waals surface area contributed by atoms with Gasteiger partial charge in [-0.05, 0) is 24.1 Å². The van der Waals surface area contributed by atoms with Gasteiger partial charge in [0, 0.05) is 51.5 Å². The molecule has 1 amide bonds. The Bertz CT molecular complexity index is 774. The molecular formula is C20H28N4O3. The lowest BCUT2D eigenvalue weighted by Gasteiger charge is -2.18. The summed E-state index contributed by atoms with van der Waals surface area (Å²) >= 11 is 0. The van der Waals surface area contributed by atoms with Gasteiger partial charge < -0.3 is 20.1 Å². The summed E-state index contributed by atoms with van der Waals surface area (Å²) in [6.45, 7) is 4.94. The summed E-state index contributed by atoms with van der Waals surface area (Å²) in [5, 5.41) is 10.6. The monoisotopic (exact) mass is 372 g/mol. The van der Waals surface area contributed by atoms with Crippen molar-refractivity contribution in [3.05, 3.63) is 47.3 Å². The van der Waals surface area contributed by atoms with Gasteiger partial charge in [-0.15, -0.1) is 0 Å². The minimum atomic E-state index is -0.0995. The molecule has 27 heavy (non-hydrogen) atoms. The first-order chi connectivity index (χ1) is 13.1. The molecule has 2 atom stereocenters. The zero-order valence-corrected chi connectivity index (χ0v) is 16.2. The zero-order chi connectivity index (χ0) is 19.2. The van der Waals surface area contributed by atoms with Crippen molar-refractivity contribution >= 4 is 5.91 Å². The minimum Gasteiger partial charge on any atom is -0.491 e. The number of ether oxygens (including phenoxy) is 2. The molecular weight excluding hydrogens is 344 g/mol. The molecule has 146 valence electrons. The number of aryl methyl sites for hydroxylation is 2. The van der Waals surface area contributed by atoms with Crippen LogP contribution in [0.1, 0.15) is 22.6 Å². The Balaban J connectivity index is 1.63.